The summed E-state index contributed by atoms with van der Waals surface area (Å²) in [6, 6.07) is 9.93. The Morgan fingerprint density at radius 3 is 2.72 bits per heavy atom. The number of benzene rings is 1. The first-order chi connectivity index (χ1) is 8.66. The van der Waals surface area contributed by atoms with E-state index >= 15 is 0 Å². The van der Waals surface area contributed by atoms with Gasteiger partial charge in [0.25, 0.3) is 0 Å². The van der Waals surface area contributed by atoms with Crippen LogP contribution >= 0.6 is 0 Å². The van der Waals surface area contributed by atoms with Gasteiger partial charge >= 0.3 is 5.97 Å². The van der Waals surface area contributed by atoms with Crippen molar-refractivity contribution in [2.45, 2.75) is 26.5 Å². The third kappa shape index (κ3) is 3.00. The second kappa shape index (κ2) is 5.54. The predicted octanol–water partition coefficient (Wildman–Crippen LogP) is 2.55. The number of hydrogen-bond acceptors (Lipinski definition) is 3. The summed E-state index contributed by atoms with van der Waals surface area (Å²) in [6.07, 6.45) is 3.77. The Bertz CT molecular complexity index is 488. The van der Waals surface area contributed by atoms with Crippen LogP contribution in [0.25, 0.3) is 0 Å². The summed E-state index contributed by atoms with van der Waals surface area (Å²) in [7, 11) is 0. The molecule has 1 N–H and O–H groups in total. The van der Waals surface area contributed by atoms with Gasteiger partial charge in [0.1, 0.15) is 6.61 Å². The molecule has 1 aromatic rings. The van der Waals surface area contributed by atoms with Crippen molar-refractivity contribution in [3.63, 3.8) is 0 Å². The fraction of sp³-hybridized carbons (Fsp3) is 0.267. The van der Waals surface area contributed by atoms with E-state index in [2.05, 4.69) is 5.32 Å². The van der Waals surface area contributed by atoms with Crippen molar-refractivity contribution >= 4 is 5.97 Å². The summed E-state index contributed by atoms with van der Waals surface area (Å²) >= 11 is 0. The average Bonchev–Trinajstić information content (AvgIpc) is 2.37. The molecule has 0 radical (unpaired) electrons. The molecule has 1 aromatic carbocycles. The van der Waals surface area contributed by atoms with Crippen LogP contribution < -0.4 is 5.32 Å². The van der Waals surface area contributed by atoms with Crippen LogP contribution in [0.4, 0.5) is 0 Å². The second-order valence-corrected chi connectivity index (χ2v) is 4.39. The first-order valence-corrected chi connectivity index (χ1v) is 6.03. The number of ether oxygens (including phenoxy) is 1. The molecule has 18 heavy (non-hydrogen) atoms. The fourth-order valence-corrected chi connectivity index (χ4v) is 1.85. The van der Waals surface area contributed by atoms with E-state index < -0.39 is 0 Å². The van der Waals surface area contributed by atoms with Crippen LogP contribution in [-0.4, -0.2) is 12.0 Å². The van der Waals surface area contributed by atoms with E-state index in [1.807, 2.05) is 56.3 Å². The maximum Gasteiger partial charge on any atom is 0.340 e. The zero-order chi connectivity index (χ0) is 13.0. The molecule has 2 rings (SSSR count). The molecule has 3 nitrogen and oxygen atoms in total. The van der Waals surface area contributed by atoms with Crippen LogP contribution in [0.15, 0.2) is 53.8 Å². The minimum Gasteiger partial charge on any atom is -0.457 e. The summed E-state index contributed by atoms with van der Waals surface area (Å²) < 4.78 is 5.29. The number of nitrogens with one attached hydrogen (secondary N) is 1. The monoisotopic (exact) mass is 243 g/mol. The highest BCUT2D eigenvalue weighted by atomic mass is 16.5. The molecule has 94 valence electrons. The largest absolute Gasteiger partial charge is 0.457 e. The zero-order valence-corrected chi connectivity index (χ0v) is 10.6. The maximum absolute atomic E-state index is 11.9. The van der Waals surface area contributed by atoms with Gasteiger partial charge < -0.3 is 10.1 Å². The van der Waals surface area contributed by atoms with Gasteiger partial charge in [0.15, 0.2) is 0 Å². The topological polar surface area (TPSA) is 38.3 Å². The highest BCUT2D eigenvalue weighted by Gasteiger charge is 2.16. The molecule has 3 heteroatoms. The molecule has 1 heterocycles. The van der Waals surface area contributed by atoms with Crippen molar-refractivity contribution in [2.24, 2.45) is 0 Å². The SMILES string of the molecule is CC1=C(C(=O)OCc2ccccc2)C=C[C@@H](C)N1. The van der Waals surface area contributed by atoms with Crippen LogP contribution in [0.5, 0.6) is 0 Å². The van der Waals surface area contributed by atoms with E-state index in [1.165, 1.54) is 0 Å². The first kappa shape index (κ1) is 12.4. The Kier molecular flexibility index (Phi) is 3.82. The summed E-state index contributed by atoms with van der Waals surface area (Å²) in [4.78, 5) is 11.9. The molecular formula is C15H17NO2. The standard InChI is InChI=1S/C15H17NO2/c1-11-8-9-14(12(2)16-11)15(17)18-10-13-6-4-3-5-7-13/h3-9,11,16H,10H2,1-2H3/t11-/m1/s1. The quantitative estimate of drug-likeness (QED) is 0.829. The predicted molar refractivity (Wildman–Crippen MR) is 70.7 cm³/mol. The summed E-state index contributed by atoms with van der Waals surface area (Å²) in [5.41, 5.74) is 2.46. The van der Waals surface area contributed by atoms with Gasteiger partial charge in [-0.05, 0) is 25.5 Å². The molecule has 0 saturated carbocycles. The van der Waals surface area contributed by atoms with Gasteiger partial charge in [-0.15, -0.1) is 0 Å². The van der Waals surface area contributed by atoms with Crippen molar-refractivity contribution in [3.8, 4) is 0 Å². The molecular weight excluding hydrogens is 226 g/mol. The number of allylic oxidation sites excluding steroid dienone is 1. The van der Waals surface area contributed by atoms with Gasteiger partial charge in [-0.3, -0.25) is 0 Å². The minimum atomic E-state index is -0.285. The molecule has 0 unspecified atom stereocenters. The number of rotatable bonds is 3. The van der Waals surface area contributed by atoms with E-state index in [9.17, 15) is 4.79 Å². The zero-order valence-electron chi connectivity index (χ0n) is 10.6. The first-order valence-electron chi connectivity index (χ1n) is 6.03. The number of carbonyl (C=O) groups is 1. The molecule has 0 aromatic heterocycles. The fourth-order valence-electron chi connectivity index (χ4n) is 1.85. The van der Waals surface area contributed by atoms with Crippen LogP contribution in [-0.2, 0) is 16.1 Å². The van der Waals surface area contributed by atoms with E-state index in [0.29, 0.717) is 12.2 Å². The molecule has 0 fully saturated rings. The molecule has 0 amide bonds. The number of esters is 1. The maximum atomic E-state index is 11.9. The Balaban J connectivity index is 1.97. The van der Waals surface area contributed by atoms with Crippen molar-refractivity contribution in [1.82, 2.24) is 5.32 Å². The van der Waals surface area contributed by atoms with Crippen molar-refractivity contribution in [1.29, 1.82) is 0 Å². The van der Waals surface area contributed by atoms with Gasteiger partial charge in [0.2, 0.25) is 0 Å². The van der Waals surface area contributed by atoms with Gasteiger partial charge in [-0.25, -0.2) is 4.79 Å². The van der Waals surface area contributed by atoms with Crippen molar-refractivity contribution < 1.29 is 9.53 Å². The van der Waals surface area contributed by atoms with Crippen LogP contribution in [0, 0.1) is 0 Å². The summed E-state index contributed by atoms with van der Waals surface area (Å²) in [5.74, 6) is -0.285. The third-order valence-electron chi connectivity index (χ3n) is 2.83. The lowest BCUT2D eigenvalue weighted by atomic mass is 10.1. The lowest BCUT2D eigenvalue weighted by Gasteiger charge is -2.19. The van der Waals surface area contributed by atoms with Gasteiger partial charge in [0.05, 0.1) is 5.57 Å². The Morgan fingerprint density at radius 2 is 2.06 bits per heavy atom. The summed E-state index contributed by atoms with van der Waals surface area (Å²) in [5, 5.41) is 3.20. The van der Waals surface area contributed by atoms with E-state index in [1.54, 1.807) is 0 Å². The van der Waals surface area contributed by atoms with E-state index in [4.69, 9.17) is 4.74 Å². The van der Waals surface area contributed by atoms with Crippen LogP contribution in [0.3, 0.4) is 0 Å². The number of hydrogen-bond donors (Lipinski definition) is 1. The Labute approximate surface area is 107 Å². The smallest absolute Gasteiger partial charge is 0.340 e. The minimum absolute atomic E-state index is 0.260. The molecule has 1 atom stereocenters. The molecule has 0 bridgehead atoms. The van der Waals surface area contributed by atoms with Gasteiger partial charge in [-0.2, -0.15) is 0 Å². The third-order valence-corrected chi connectivity index (χ3v) is 2.83. The van der Waals surface area contributed by atoms with E-state index in [-0.39, 0.29) is 12.0 Å². The molecule has 0 spiro atoms. The molecule has 1 aliphatic rings. The van der Waals surface area contributed by atoms with Gasteiger partial charge in [0, 0.05) is 11.7 Å². The lowest BCUT2D eigenvalue weighted by Crippen LogP contribution is -2.28. The van der Waals surface area contributed by atoms with Crippen molar-refractivity contribution in [2.75, 3.05) is 0 Å². The second-order valence-electron chi connectivity index (χ2n) is 4.39. The molecule has 1 aliphatic heterocycles. The number of carbonyl (C=O) groups excluding carboxylic acids is 1. The Hall–Kier alpha value is -2.03. The van der Waals surface area contributed by atoms with Crippen LogP contribution in [0.2, 0.25) is 0 Å². The lowest BCUT2D eigenvalue weighted by molar-refractivity contribution is -0.140. The Morgan fingerprint density at radius 1 is 1.33 bits per heavy atom. The van der Waals surface area contributed by atoms with Gasteiger partial charge in [-0.1, -0.05) is 36.4 Å². The number of dihydropyridines is 1. The highest BCUT2D eigenvalue weighted by Crippen LogP contribution is 2.13. The average molecular weight is 243 g/mol. The van der Waals surface area contributed by atoms with Crippen LogP contribution in [0.1, 0.15) is 19.4 Å². The van der Waals surface area contributed by atoms with Crippen molar-refractivity contribution in [3.05, 3.63) is 59.3 Å². The van der Waals surface area contributed by atoms with E-state index in [0.717, 1.165) is 11.3 Å². The molecule has 0 saturated heterocycles. The summed E-state index contributed by atoms with van der Waals surface area (Å²) in [6.45, 7) is 4.23. The molecule has 0 aliphatic carbocycles. The highest BCUT2D eigenvalue weighted by molar-refractivity contribution is 5.92. The normalized spacial score (nSPS) is 18.4.